The largest absolute Gasteiger partial charge is 0.390 e. The molecular formula is C18H28N2O3S. The highest BCUT2D eigenvalue weighted by atomic mass is 32.2. The number of fused-ring (bicyclic) bond motifs is 1. The number of aryl methyl sites for hydroxylation is 1. The van der Waals surface area contributed by atoms with Crippen LogP contribution < -0.4 is 5.32 Å². The van der Waals surface area contributed by atoms with E-state index in [1.807, 2.05) is 13.8 Å². The van der Waals surface area contributed by atoms with Crippen molar-refractivity contribution in [1.82, 2.24) is 10.2 Å². The first-order chi connectivity index (χ1) is 11.2. The second kappa shape index (κ2) is 6.75. The molecule has 0 unspecified atom stereocenters. The SMILES string of the molecule is CC(C)(O)CCc1ccc(CN2CCN[C@@H]3CS(=O)(=O)C[C@@H]32)cc1. The maximum absolute atomic E-state index is 11.9. The monoisotopic (exact) mass is 352 g/mol. The molecule has 2 aliphatic rings. The van der Waals surface area contributed by atoms with Crippen LogP contribution in [-0.2, 0) is 22.8 Å². The maximum Gasteiger partial charge on any atom is 0.153 e. The van der Waals surface area contributed by atoms with E-state index in [0.717, 1.165) is 32.5 Å². The van der Waals surface area contributed by atoms with Crippen molar-refractivity contribution in [3.63, 3.8) is 0 Å². The Morgan fingerprint density at radius 1 is 1.21 bits per heavy atom. The van der Waals surface area contributed by atoms with Gasteiger partial charge in [-0.15, -0.1) is 0 Å². The van der Waals surface area contributed by atoms with Gasteiger partial charge in [0.05, 0.1) is 17.1 Å². The third-order valence-corrected chi connectivity index (χ3v) is 6.75. The predicted molar refractivity (Wildman–Crippen MR) is 95.7 cm³/mol. The van der Waals surface area contributed by atoms with Crippen molar-refractivity contribution in [2.75, 3.05) is 24.6 Å². The molecule has 0 bridgehead atoms. The first kappa shape index (κ1) is 17.9. The van der Waals surface area contributed by atoms with Gasteiger partial charge in [0.1, 0.15) is 0 Å². The quantitative estimate of drug-likeness (QED) is 0.826. The number of nitrogens with zero attached hydrogens (tertiary/aromatic N) is 1. The normalized spacial score (nSPS) is 27.1. The minimum atomic E-state index is -2.91. The van der Waals surface area contributed by atoms with E-state index in [-0.39, 0.29) is 23.6 Å². The van der Waals surface area contributed by atoms with E-state index in [9.17, 15) is 13.5 Å². The van der Waals surface area contributed by atoms with E-state index in [1.54, 1.807) is 0 Å². The first-order valence-corrected chi connectivity index (χ1v) is 10.5. The number of piperazine rings is 1. The lowest BCUT2D eigenvalue weighted by atomic mass is 9.98. The van der Waals surface area contributed by atoms with Crippen LogP contribution in [-0.4, -0.2) is 60.7 Å². The van der Waals surface area contributed by atoms with Gasteiger partial charge in [-0.25, -0.2) is 8.42 Å². The number of benzene rings is 1. The topological polar surface area (TPSA) is 69.6 Å². The second-order valence-electron chi connectivity index (χ2n) is 7.80. The van der Waals surface area contributed by atoms with E-state index in [4.69, 9.17) is 0 Å². The molecule has 24 heavy (non-hydrogen) atoms. The van der Waals surface area contributed by atoms with Crippen LogP contribution in [0.1, 0.15) is 31.4 Å². The average Bonchev–Trinajstić information content (AvgIpc) is 2.81. The van der Waals surface area contributed by atoms with E-state index < -0.39 is 15.4 Å². The molecule has 0 spiro atoms. The molecule has 1 aromatic carbocycles. The molecule has 6 heteroatoms. The van der Waals surface area contributed by atoms with E-state index in [2.05, 4.69) is 34.5 Å². The number of hydrogen-bond donors (Lipinski definition) is 2. The summed E-state index contributed by atoms with van der Waals surface area (Å²) >= 11 is 0. The summed E-state index contributed by atoms with van der Waals surface area (Å²) in [6, 6.07) is 8.66. The van der Waals surface area contributed by atoms with Gasteiger partial charge in [-0.3, -0.25) is 4.90 Å². The fourth-order valence-electron chi connectivity index (χ4n) is 3.64. The minimum absolute atomic E-state index is 0.0785. The molecule has 2 atom stereocenters. The number of nitrogens with one attached hydrogen (secondary N) is 1. The second-order valence-corrected chi connectivity index (χ2v) is 9.96. The molecule has 1 aromatic rings. The lowest BCUT2D eigenvalue weighted by molar-refractivity contribution is 0.0714. The van der Waals surface area contributed by atoms with Crippen LogP contribution in [0.4, 0.5) is 0 Å². The Balaban J connectivity index is 1.61. The summed E-state index contributed by atoms with van der Waals surface area (Å²) in [5.74, 6) is 0.540. The van der Waals surface area contributed by atoms with Crippen LogP contribution in [0.5, 0.6) is 0 Å². The summed E-state index contributed by atoms with van der Waals surface area (Å²) in [5, 5.41) is 13.2. The molecule has 3 rings (SSSR count). The molecule has 2 N–H and O–H groups in total. The fraction of sp³-hybridized carbons (Fsp3) is 0.667. The summed E-state index contributed by atoms with van der Waals surface area (Å²) in [7, 11) is -2.91. The van der Waals surface area contributed by atoms with Gasteiger partial charge in [0, 0.05) is 31.7 Å². The fourth-order valence-corrected chi connectivity index (χ4v) is 5.62. The lowest BCUT2D eigenvalue weighted by Crippen LogP contribution is -2.56. The summed E-state index contributed by atoms with van der Waals surface area (Å²) in [6.45, 7) is 6.19. The molecule has 0 aliphatic carbocycles. The molecule has 0 radical (unpaired) electrons. The van der Waals surface area contributed by atoms with Gasteiger partial charge in [-0.05, 0) is 37.8 Å². The zero-order valence-corrected chi connectivity index (χ0v) is 15.3. The van der Waals surface area contributed by atoms with E-state index in [0.29, 0.717) is 0 Å². The molecule has 0 aromatic heterocycles. The smallest absolute Gasteiger partial charge is 0.153 e. The highest BCUT2D eigenvalue weighted by Gasteiger charge is 2.42. The Hall–Kier alpha value is -0.950. The van der Waals surface area contributed by atoms with Crippen LogP contribution >= 0.6 is 0 Å². The standard InChI is InChI=1S/C18H28N2O3S/c1-18(2,21)8-7-14-3-5-15(6-4-14)11-20-10-9-19-16-12-24(22,23)13-17(16)20/h3-6,16-17,19,21H,7-13H2,1-2H3/t16-,17+/m1/s1. The van der Waals surface area contributed by atoms with Crippen molar-refractivity contribution in [2.45, 2.75) is 50.9 Å². The van der Waals surface area contributed by atoms with Gasteiger partial charge in [0.15, 0.2) is 9.84 Å². The van der Waals surface area contributed by atoms with Gasteiger partial charge in [-0.1, -0.05) is 24.3 Å². The van der Waals surface area contributed by atoms with Crippen LogP contribution in [0.15, 0.2) is 24.3 Å². The summed E-state index contributed by atoms with van der Waals surface area (Å²) in [5.41, 5.74) is 1.80. The number of hydrogen-bond acceptors (Lipinski definition) is 5. The zero-order chi connectivity index (χ0) is 17.4. The van der Waals surface area contributed by atoms with Gasteiger partial charge in [0.2, 0.25) is 0 Å². The molecule has 5 nitrogen and oxygen atoms in total. The highest BCUT2D eigenvalue weighted by Crippen LogP contribution is 2.23. The highest BCUT2D eigenvalue weighted by molar-refractivity contribution is 7.91. The van der Waals surface area contributed by atoms with E-state index >= 15 is 0 Å². The molecule has 2 saturated heterocycles. The van der Waals surface area contributed by atoms with Crippen LogP contribution in [0.3, 0.4) is 0 Å². The van der Waals surface area contributed by atoms with Crippen LogP contribution in [0.2, 0.25) is 0 Å². The van der Waals surface area contributed by atoms with Gasteiger partial charge >= 0.3 is 0 Å². The number of rotatable bonds is 5. The Bertz CT molecular complexity index is 664. The Labute approximate surface area is 145 Å². The average molecular weight is 353 g/mol. The van der Waals surface area contributed by atoms with Gasteiger partial charge in [0.25, 0.3) is 0 Å². The van der Waals surface area contributed by atoms with Crippen molar-refractivity contribution in [3.05, 3.63) is 35.4 Å². The molecule has 2 aliphatic heterocycles. The van der Waals surface area contributed by atoms with Crippen LogP contribution in [0, 0.1) is 0 Å². The van der Waals surface area contributed by atoms with Gasteiger partial charge in [-0.2, -0.15) is 0 Å². The Kier molecular flexibility index (Phi) is 5.02. The summed E-state index contributed by atoms with van der Waals surface area (Å²) in [4.78, 5) is 2.30. The molecule has 0 saturated carbocycles. The van der Waals surface area contributed by atoms with Crippen molar-refractivity contribution >= 4 is 9.84 Å². The van der Waals surface area contributed by atoms with Crippen molar-refractivity contribution < 1.29 is 13.5 Å². The minimum Gasteiger partial charge on any atom is -0.390 e. The number of sulfone groups is 1. The zero-order valence-electron chi connectivity index (χ0n) is 14.5. The van der Waals surface area contributed by atoms with Gasteiger partial charge < -0.3 is 10.4 Å². The third-order valence-electron chi connectivity index (χ3n) is 5.03. The number of aliphatic hydroxyl groups is 1. The molecule has 2 fully saturated rings. The van der Waals surface area contributed by atoms with Crippen molar-refractivity contribution in [1.29, 1.82) is 0 Å². The predicted octanol–water partition coefficient (Wildman–Crippen LogP) is 0.961. The first-order valence-electron chi connectivity index (χ1n) is 8.70. The lowest BCUT2D eigenvalue weighted by Gasteiger charge is -2.37. The molecule has 0 amide bonds. The van der Waals surface area contributed by atoms with E-state index in [1.165, 1.54) is 11.1 Å². The molecule has 134 valence electrons. The van der Waals surface area contributed by atoms with Crippen molar-refractivity contribution in [2.24, 2.45) is 0 Å². The van der Waals surface area contributed by atoms with Crippen LogP contribution in [0.25, 0.3) is 0 Å². The summed E-state index contributed by atoms with van der Waals surface area (Å²) < 4.78 is 23.8. The molecule has 2 heterocycles. The summed E-state index contributed by atoms with van der Waals surface area (Å²) in [6.07, 6.45) is 1.60. The van der Waals surface area contributed by atoms with Crippen molar-refractivity contribution in [3.8, 4) is 0 Å². The molecular weight excluding hydrogens is 324 g/mol. The maximum atomic E-state index is 11.9. The third kappa shape index (κ3) is 4.57. The Morgan fingerprint density at radius 3 is 2.54 bits per heavy atom. The Morgan fingerprint density at radius 2 is 1.88 bits per heavy atom.